The van der Waals surface area contributed by atoms with Crippen molar-refractivity contribution in [3.8, 4) is 34.3 Å². The van der Waals surface area contributed by atoms with Crippen molar-refractivity contribution in [3.05, 3.63) is 52.3 Å². The van der Waals surface area contributed by atoms with E-state index in [4.69, 9.17) is 18.9 Å². The van der Waals surface area contributed by atoms with Gasteiger partial charge in [0.15, 0.2) is 23.0 Å². The van der Waals surface area contributed by atoms with Gasteiger partial charge in [0, 0.05) is 12.1 Å². The van der Waals surface area contributed by atoms with E-state index in [9.17, 15) is 4.79 Å². The first-order valence-electron chi connectivity index (χ1n) is 8.84. The first-order chi connectivity index (χ1) is 13.6. The van der Waals surface area contributed by atoms with E-state index >= 15 is 0 Å². The van der Waals surface area contributed by atoms with Gasteiger partial charge in [0.05, 0.1) is 39.5 Å². The Morgan fingerprint density at radius 2 is 1.57 bits per heavy atom. The average molecular weight is 379 g/mol. The number of nitrogens with zero attached hydrogens (tertiary/aromatic N) is 1. The number of benzene rings is 2. The van der Waals surface area contributed by atoms with Gasteiger partial charge in [-0.25, -0.2) is 0 Å². The molecule has 0 fully saturated rings. The van der Waals surface area contributed by atoms with Crippen molar-refractivity contribution < 1.29 is 18.9 Å². The molecule has 4 rings (SSSR count). The molecule has 0 unspecified atom stereocenters. The van der Waals surface area contributed by atoms with Gasteiger partial charge < -0.3 is 23.5 Å². The average Bonchev–Trinajstić information content (AvgIpc) is 2.91. The number of rotatable bonds is 4. The van der Waals surface area contributed by atoms with Crippen molar-refractivity contribution in [2.24, 2.45) is 0 Å². The minimum Gasteiger partial charge on any atom is -0.493 e. The van der Waals surface area contributed by atoms with Crippen LogP contribution < -0.4 is 24.5 Å². The van der Waals surface area contributed by atoms with Gasteiger partial charge in [-0.15, -0.1) is 0 Å². The van der Waals surface area contributed by atoms with Gasteiger partial charge in [-0.2, -0.15) is 0 Å². The minimum atomic E-state index is -0.129. The SMILES string of the molecule is COc1cc2c(cc1OC)-c1cc3ccc(OC)c(OC)c3c(=O)n1CC=C2. The predicted molar refractivity (Wildman–Crippen MR) is 109 cm³/mol. The van der Waals surface area contributed by atoms with E-state index in [2.05, 4.69) is 0 Å². The summed E-state index contributed by atoms with van der Waals surface area (Å²) in [6, 6.07) is 9.50. The highest BCUT2D eigenvalue weighted by molar-refractivity contribution is 5.93. The summed E-state index contributed by atoms with van der Waals surface area (Å²) < 4.78 is 23.5. The van der Waals surface area contributed by atoms with Crippen molar-refractivity contribution in [2.75, 3.05) is 28.4 Å². The summed E-state index contributed by atoms with van der Waals surface area (Å²) in [7, 11) is 6.31. The van der Waals surface area contributed by atoms with E-state index in [1.165, 1.54) is 0 Å². The van der Waals surface area contributed by atoms with Crippen LogP contribution in [-0.4, -0.2) is 33.0 Å². The summed E-state index contributed by atoms with van der Waals surface area (Å²) in [5.74, 6) is 2.24. The largest absolute Gasteiger partial charge is 0.493 e. The Labute approximate surface area is 162 Å². The third kappa shape index (κ3) is 2.60. The molecule has 144 valence electrons. The molecule has 3 aromatic rings. The molecule has 0 N–H and O–H groups in total. The van der Waals surface area contributed by atoms with Gasteiger partial charge in [0.25, 0.3) is 5.56 Å². The number of ether oxygens (including phenoxy) is 4. The Bertz CT molecular complexity index is 1160. The number of fused-ring (bicyclic) bond motifs is 4. The van der Waals surface area contributed by atoms with E-state index in [-0.39, 0.29) is 5.56 Å². The van der Waals surface area contributed by atoms with Crippen molar-refractivity contribution in [1.29, 1.82) is 0 Å². The fourth-order valence-corrected chi connectivity index (χ4v) is 3.70. The molecule has 6 nitrogen and oxygen atoms in total. The summed E-state index contributed by atoms with van der Waals surface area (Å²) in [6.45, 7) is 0.448. The topological polar surface area (TPSA) is 58.9 Å². The summed E-state index contributed by atoms with van der Waals surface area (Å²) in [4.78, 5) is 13.4. The number of methoxy groups -OCH3 is 4. The van der Waals surface area contributed by atoms with Crippen LogP contribution in [0.2, 0.25) is 0 Å². The van der Waals surface area contributed by atoms with E-state index in [1.807, 2.05) is 42.5 Å². The Morgan fingerprint density at radius 1 is 0.857 bits per heavy atom. The Kier molecular flexibility index (Phi) is 4.47. The molecule has 0 spiro atoms. The molecule has 0 amide bonds. The van der Waals surface area contributed by atoms with Crippen molar-refractivity contribution >= 4 is 16.8 Å². The quantitative estimate of drug-likeness (QED) is 0.691. The Morgan fingerprint density at radius 3 is 2.25 bits per heavy atom. The summed E-state index contributed by atoms with van der Waals surface area (Å²) in [5, 5.41) is 1.29. The molecule has 0 aliphatic carbocycles. The zero-order valence-corrected chi connectivity index (χ0v) is 16.2. The van der Waals surface area contributed by atoms with Crippen LogP contribution in [0.5, 0.6) is 23.0 Å². The van der Waals surface area contributed by atoms with Crippen molar-refractivity contribution in [1.82, 2.24) is 4.57 Å². The predicted octanol–water partition coefficient (Wildman–Crippen LogP) is 3.73. The van der Waals surface area contributed by atoms with Gasteiger partial charge in [0.1, 0.15) is 0 Å². The van der Waals surface area contributed by atoms with Crippen LogP contribution in [0.25, 0.3) is 28.1 Å². The van der Waals surface area contributed by atoms with E-state index < -0.39 is 0 Å². The standard InChI is InChI=1S/C22H21NO5/c1-25-17-8-7-14-10-16-15-12-19(27-3)18(26-2)11-13(15)6-5-9-23(16)22(24)20(14)21(17)28-4/h5-8,10-12H,9H2,1-4H3. The molecular formula is C22H21NO5. The molecule has 0 atom stereocenters. The lowest BCUT2D eigenvalue weighted by Crippen LogP contribution is -2.21. The van der Waals surface area contributed by atoms with Crippen molar-refractivity contribution in [2.45, 2.75) is 6.54 Å². The van der Waals surface area contributed by atoms with Gasteiger partial charge in [-0.05, 0) is 35.2 Å². The maximum absolute atomic E-state index is 13.4. The summed E-state index contributed by atoms with van der Waals surface area (Å²) in [6.07, 6.45) is 3.95. The lowest BCUT2D eigenvalue weighted by atomic mass is 10.0. The van der Waals surface area contributed by atoms with Crippen LogP contribution in [0.4, 0.5) is 0 Å². The second kappa shape index (κ2) is 6.96. The van der Waals surface area contributed by atoms with Gasteiger partial charge in [0.2, 0.25) is 0 Å². The molecule has 2 aromatic carbocycles. The van der Waals surface area contributed by atoms with Crippen LogP contribution in [-0.2, 0) is 6.54 Å². The second-order valence-electron chi connectivity index (χ2n) is 6.41. The van der Waals surface area contributed by atoms with E-state index in [1.54, 1.807) is 33.0 Å². The van der Waals surface area contributed by atoms with Crippen LogP contribution in [0.1, 0.15) is 5.56 Å². The van der Waals surface area contributed by atoms with E-state index in [0.29, 0.717) is 34.9 Å². The molecule has 1 aromatic heterocycles. The summed E-state index contributed by atoms with van der Waals surface area (Å²) in [5.41, 5.74) is 2.55. The van der Waals surface area contributed by atoms with Crippen LogP contribution in [0.15, 0.2) is 41.2 Å². The van der Waals surface area contributed by atoms with Crippen LogP contribution in [0, 0.1) is 0 Å². The number of pyridine rings is 1. The summed E-state index contributed by atoms with van der Waals surface area (Å²) >= 11 is 0. The highest BCUT2D eigenvalue weighted by atomic mass is 16.5. The number of allylic oxidation sites excluding steroid dienone is 1. The second-order valence-corrected chi connectivity index (χ2v) is 6.41. The molecule has 6 heteroatoms. The maximum Gasteiger partial charge on any atom is 0.263 e. The van der Waals surface area contributed by atoms with Crippen LogP contribution in [0.3, 0.4) is 0 Å². The maximum atomic E-state index is 13.4. The van der Waals surface area contributed by atoms with Gasteiger partial charge in [-0.1, -0.05) is 18.2 Å². The lowest BCUT2D eigenvalue weighted by molar-refractivity contribution is 0.355. The molecular weight excluding hydrogens is 358 g/mol. The molecule has 0 saturated heterocycles. The molecule has 2 heterocycles. The van der Waals surface area contributed by atoms with Gasteiger partial charge >= 0.3 is 0 Å². The number of hydrogen-bond acceptors (Lipinski definition) is 5. The third-order valence-corrected chi connectivity index (χ3v) is 5.04. The van der Waals surface area contributed by atoms with Crippen molar-refractivity contribution in [3.63, 3.8) is 0 Å². The molecule has 0 radical (unpaired) electrons. The highest BCUT2D eigenvalue weighted by Crippen LogP contribution is 2.40. The molecule has 1 aliphatic rings. The molecule has 0 bridgehead atoms. The first-order valence-corrected chi connectivity index (χ1v) is 8.84. The normalized spacial score (nSPS) is 12.1. The third-order valence-electron chi connectivity index (χ3n) is 5.04. The molecule has 1 aliphatic heterocycles. The zero-order valence-electron chi connectivity index (χ0n) is 16.2. The Hall–Kier alpha value is -3.41. The minimum absolute atomic E-state index is 0.129. The highest BCUT2D eigenvalue weighted by Gasteiger charge is 2.21. The fourth-order valence-electron chi connectivity index (χ4n) is 3.70. The molecule has 0 saturated carbocycles. The zero-order chi connectivity index (χ0) is 19.8. The van der Waals surface area contributed by atoms with Crippen LogP contribution >= 0.6 is 0 Å². The smallest absolute Gasteiger partial charge is 0.263 e. The van der Waals surface area contributed by atoms with Gasteiger partial charge in [-0.3, -0.25) is 4.79 Å². The fraction of sp³-hybridized carbons (Fsp3) is 0.227. The first kappa shape index (κ1) is 18.0. The number of hydrogen-bond donors (Lipinski definition) is 0. The monoisotopic (exact) mass is 379 g/mol. The van der Waals surface area contributed by atoms with E-state index in [0.717, 1.165) is 22.2 Å². The number of aromatic nitrogens is 1. The molecule has 28 heavy (non-hydrogen) atoms. The lowest BCUT2D eigenvalue weighted by Gasteiger charge is -2.17. The Balaban J connectivity index is 2.08.